The number of para-hydroxylation sites is 2. The van der Waals surface area contributed by atoms with Gasteiger partial charge in [0.15, 0.2) is 11.5 Å². The summed E-state index contributed by atoms with van der Waals surface area (Å²) in [5, 5.41) is 12.8. The molecule has 4 nitrogen and oxygen atoms in total. The molecule has 120 valence electrons. The number of likely N-dealkylation sites (N-methyl/N-ethyl adjacent to an activating group) is 1. The van der Waals surface area contributed by atoms with Crippen LogP contribution >= 0.6 is 0 Å². The zero-order chi connectivity index (χ0) is 15.6. The summed E-state index contributed by atoms with van der Waals surface area (Å²) in [5.41, 5.74) is -0.226. The van der Waals surface area contributed by atoms with Gasteiger partial charge in [-0.1, -0.05) is 26.0 Å². The molecule has 0 aliphatic rings. The van der Waals surface area contributed by atoms with Gasteiger partial charge in [0.1, 0.15) is 0 Å². The van der Waals surface area contributed by atoms with Crippen LogP contribution in [0.1, 0.15) is 40.0 Å². The van der Waals surface area contributed by atoms with Gasteiger partial charge in [-0.3, -0.25) is 0 Å². The average molecular weight is 295 g/mol. The molecule has 0 bridgehead atoms. The third-order valence-electron chi connectivity index (χ3n) is 3.39. The Morgan fingerprint density at radius 3 is 2.24 bits per heavy atom. The highest BCUT2D eigenvalue weighted by Gasteiger charge is 2.21. The van der Waals surface area contributed by atoms with E-state index in [-0.39, 0.29) is 12.1 Å². The monoisotopic (exact) mass is 295 g/mol. The fraction of sp³-hybridized carbons (Fsp3) is 0.647. The van der Waals surface area contributed by atoms with Crippen molar-refractivity contribution in [3.63, 3.8) is 0 Å². The summed E-state index contributed by atoms with van der Waals surface area (Å²) < 4.78 is 11.5. The van der Waals surface area contributed by atoms with Gasteiger partial charge in [0, 0.05) is 5.54 Å². The smallest absolute Gasteiger partial charge is 0.161 e. The Hall–Kier alpha value is -1.26. The number of benzene rings is 1. The molecule has 1 rings (SSSR count). The number of aliphatic hydroxyl groups is 1. The molecule has 21 heavy (non-hydrogen) atoms. The first-order valence-corrected chi connectivity index (χ1v) is 7.85. The van der Waals surface area contributed by atoms with E-state index in [0.717, 1.165) is 37.3 Å². The predicted molar refractivity (Wildman–Crippen MR) is 86.1 cm³/mol. The molecule has 0 spiro atoms. The van der Waals surface area contributed by atoms with Gasteiger partial charge in [-0.15, -0.1) is 0 Å². The Morgan fingerprint density at radius 2 is 1.71 bits per heavy atom. The second-order valence-corrected chi connectivity index (χ2v) is 5.50. The highest BCUT2D eigenvalue weighted by molar-refractivity contribution is 5.39. The summed E-state index contributed by atoms with van der Waals surface area (Å²) in [6.07, 6.45) is 2.73. The molecule has 2 N–H and O–H groups in total. The van der Waals surface area contributed by atoms with Crippen molar-refractivity contribution >= 4 is 0 Å². The SMILES string of the molecule is CCCOc1ccccc1OCCCC(C)(CO)NCC. The van der Waals surface area contributed by atoms with E-state index in [0.29, 0.717) is 13.2 Å². The standard InChI is InChI=1S/C17H29NO3/c1-4-12-20-15-9-6-7-10-16(15)21-13-8-11-17(3,14-19)18-5-2/h6-7,9-10,18-19H,4-5,8,11-14H2,1-3H3. The Morgan fingerprint density at radius 1 is 1.10 bits per heavy atom. The van der Waals surface area contributed by atoms with Crippen LogP contribution in [0.3, 0.4) is 0 Å². The van der Waals surface area contributed by atoms with Gasteiger partial charge in [0.05, 0.1) is 19.8 Å². The van der Waals surface area contributed by atoms with E-state index in [9.17, 15) is 5.11 Å². The lowest BCUT2D eigenvalue weighted by molar-refractivity contribution is 0.157. The maximum atomic E-state index is 9.45. The molecule has 0 aliphatic heterocycles. The molecule has 0 heterocycles. The number of rotatable bonds is 11. The fourth-order valence-electron chi connectivity index (χ4n) is 2.20. The highest BCUT2D eigenvalue weighted by atomic mass is 16.5. The highest BCUT2D eigenvalue weighted by Crippen LogP contribution is 2.27. The van der Waals surface area contributed by atoms with Crippen molar-refractivity contribution in [1.29, 1.82) is 0 Å². The summed E-state index contributed by atoms with van der Waals surface area (Å²) in [7, 11) is 0. The van der Waals surface area contributed by atoms with Crippen molar-refractivity contribution in [1.82, 2.24) is 5.32 Å². The van der Waals surface area contributed by atoms with Crippen molar-refractivity contribution < 1.29 is 14.6 Å². The number of aliphatic hydroxyl groups excluding tert-OH is 1. The number of nitrogens with one attached hydrogen (secondary N) is 1. The third-order valence-corrected chi connectivity index (χ3v) is 3.39. The molecular formula is C17H29NO3. The minimum Gasteiger partial charge on any atom is -0.490 e. The van der Waals surface area contributed by atoms with E-state index in [1.807, 2.05) is 38.1 Å². The summed E-state index contributed by atoms with van der Waals surface area (Å²) in [6.45, 7) is 8.47. The molecule has 0 fully saturated rings. The van der Waals surface area contributed by atoms with Gasteiger partial charge in [0.25, 0.3) is 0 Å². The second-order valence-electron chi connectivity index (χ2n) is 5.50. The van der Waals surface area contributed by atoms with Crippen LogP contribution in [0.15, 0.2) is 24.3 Å². The largest absolute Gasteiger partial charge is 0.490 e. The van der Waals surface area contributed by atoms with E-state index in [1.54, 1.807) is 0 Å². The van der Waals surface area contributed by atoms with Gasteiger partial charge in [-0.2, -0.15) is 0 Å². The van der Waals surface area contributed by atoms with Crippen LogP contribution in [0, 0.1) is 0 Å². The van der Waals surface area contributed by atoms with E-state index >= 15 is 0 Å². The van der Waals surface area contributed by atoms with Crippen molar-refractivity contribution in [2.24, 2.45) is 0 Å². The van der Waals surface area contributed by atoms with Gasteiger partial charge in [-0.05, 0) is 44.9 Å². The molecule has 0 aliphatic carbocycles. The minimum atomic E-state index is -0.226. The lowest BCUT2D eigenvalue weighted by atomic mass is 9.97. The third kappa shape index (κ3) is 6.36. The molecule has 1 unspecified atom stereocenters. The molecule has 0 saturated carbocycles. The van der Waals surface area contributed by atoms with Gasteiger partial charge in [-0.25, -0.2) is 0 Å². The molecule has 1 aromatic carbocycles. The lowest BCUT2D eigenvalue weighted by Crippen LogP contribution is -2.45. The summed E-state index contributed by atoms with van der Waals surface area (Å²) in [6, 6.07) is 7.76. The maximum Gasteiger partial charge on any atom is 0.161 e. The van der Waals surface area contributed by atoms with Crippen molar-refractivity contribution in [2.45, 2.75) is 45.6 Å². The number of ether oxygens (including phenoxy) is 2. The van der Waals surface area contributed by atoms with Crippen LogP contribution in [0.4, 0.5) is 0 Å². The molecule has 0 aromatic heterocycles. The van der Waals surface area contributed by atoms with Crippen molar-refractivity contribution in [3.05, 3.63) is 24.3 Å². The van der Waals surface area contributed by atoms with Crippen LogP contribution in [0.2, 0.25) is 0 Å². The van der Waals surface area contributed by atoms with Gasteiger partial charge < -0.3 is 19.9 Å². The zero-order valence-electron chi connectivity index (χ0n) is 13.5. The molecule has 1 atom stereocenters. The Labute approximate surface area is 128 Å². The Balaban J connectivity index is 2.42. The first-order chi connectivity index (χ1) is 10.1. The first-order valence-electron chi connectivity index (χ1n) is 7.85. The second kappa shape index (κ2) is 9.64. The van der Waals surface area contributed by atoms with E-state index in [2.05, 4.69) is 12.2 Å². The predicted octanol–water partition coefficient (Wildman–Crippen LogP) is 2.99. The molecule has 4 heteroatoms. The molecule has 1 aromatic rings. The zero-order valence-corrected chi connectivity index (χ0v) is 13.5. The van der Waals surface area contributed by atoms with Crippen molar-refractivity contribution in [3.8, 4) is 11.5 Å². The van der Waals surface area contributed by atoms with Gasteiger partial charge in [0.2, 0.25) is 0 Å². The van der Waals surface area contributed by atoms with Crippen LogP contribution in [0.25, 0.3) is 0 Å². The average Bonchev–Trinajstić information content (AvgIpc) is 2.51. The van der Waals surface area contributed by atoms with Crippen LogP contribution in [-0.4, -0.2) is 37.0 Å². The molecule has 0 radical (unpaired) electrons. The summed E-state index contributed by atoms with van der Waals surface area (Å²) in [5.74, 6) is 1.59. The van der Waals surface area contributed by atoms with E-state index in [1.165, 1.54) is 0 Å². The van der Waals surface area contributed by atoms with Crippen LogP contribution in [-0.2, 0) is 0 Å². The normalized spacial score (nSPS) is 13.7. The number of hydrogen-bond donors (Lipinski definition) is 2. The summed E-state index contributed by atoms with van der Waals surface area (Å²) >= 11 is 0. The summed E-state index contributed by atoms with van der Waals surface area (Å²) in [4.78, 5) is 0. The lowest BCUT2D eigenvalue weighted by Gasteiger charge is -2.28. The van der Waals surface area contributed by atoms with E-state index in [4.69, 9.17) is 9.47 Å². The number of hydrogen-bond acceptors (Lipinski definition) is 4. The topological polar surface area (TPSA) is 50.7 Å². The quantitative estimate of drug-likeness (QED) is 0.616. The van der Waals surface area contributed by atoms with Crippen LogP contribution in [0.5, 0.6) is 11.5 Å². The van der Waals surface area contributed by atoms with Crippen molar-refractivity contribution in [2.75, 3.05) is 26.4 Å². The first kappa shape index (κ1) is 17.8. The molecule has 0 saturated heterocycles. The Bertz CT molecular complexity index is 397. The van der Waals surface area contributed by atoms with Gasteiger partial charge >= 0.3 is 0 Å². The molecular weight excluding hydrogens is 266 g/mol. The minimum absolute atomic E-state index is 0.136. The van der Waals surface area contributed by atoms with Crippen LogP contribution < -0.4 is 14.8 Å². The van der Waals surface area contributed by atoms with E-state index < -0.39 is 0 Å². The maximum absolute atomic E-state index is 9.45. The fourth-order valence-corrected chi connectivity index (χ4v) is 2.20. The Kier molecular flexibility index (Phi) is 8.16. The molecule has 0 amide bonds.